The van der Waals surface area contributed by atoms with Crippen LogP contribution in [0.4, 0.5) is 0 Å². The van der Waals surface area contributed by atoms with Gasteiger partial charge in [0, 0.05) is 37.6 Å². The van der Waals surface area contributed by atoms with Crippen LogP contribution >= 0.6 is 11.6 Å². The maximum atomic E-state index is 11.9. The zero-order valence-electron chi connectivity index (χ0n) is 15.4. The summed E-state index contributed by atoms with van der Waals surface area (Å²) in [4.78, 5) is 20.0. The van der Waals surface area contributed by atoms with Crippen molar-refractivity contribution in [1.29, 1.82) is 0 Å². The molecule has 1 heterocycles. The Kier molecular flexibility index (Phi) is 8.38. The highest BCUT2D eigenvalue weighted by atomic mass is 35.5. The molecule has 0 aliphatic heterocycles. The second kappa shape index (κ2) is 11.0. The molecule has 2 aromatic rings. The lowest BCUT2D eigenvalue weighted by Crippen LogP contribution is -2.44. The molecule has 0 spiro atoms. The Morgan fingerprint density at radius 2 is 1.93 bits per heavy atom. The third-order valence-corrected chi connectivity index (χ3v) is 3.81. The average Bonchev–Trinajstić information content (AvgIpc) is 2.69. The van der Waals surface area contributed by atoms with E-state index in [2.05, 4.69) is 25.9 Å². The Balaban J connectivity index is 1.65. The molecule has 1 amide bonds. The Hall–Kier alpha value is -2.80. The lowest BCUT2D eigenvalue weighted by Gasteiger charge is -2.18. The van der Waals surface area contributed by atoms with Gasteiger partial charge in [0.25, 0.3) is 5.91 Å². The standard InChI is InChI=1S/C19H24ClN5O2/c1-14(27-17-7-5-16(20)6-8-17)12-25-19(21-2)24-11-10-23-18(26)15-4-3-9-22-13-15/h3-9,13-14H,10-12H2,1-2H3,(H,23,26)(H2,21,24,25). The molecule has 3 N–H and O–H groups in total. The average molecular weight is 390 g/mol. The van der Waals surface area contributed by atoms with E-state index in [4.69, 9.17) is 16.3 Å². The number of guanidine groups is 1. The summed E-state index contributed by atoms with van der Waals surface area (Å²) in [6.45, 7) is 3.54. The molecule has 1 unspecified atom stereocenters. The minimum atomic E-state index is -0.155. The molecule has 0 radical (unpaired) electrons. The van der Waals surface area contributed by atoms with Gasteiger partial charge in [-0.1, -0.05) is 11.6 Å². The number of nitrogens with zero attached hydrogens (tertiary/aromatic N) is 2. The molecule has 2 rings (SSSR count). The smallest absolute Gasteiger partial charge is 0.252 e. The molecule has 0 aliphatic rings. The predicted molar refractivity (Wildman–Crippen MR) is 107 cm³/mol. The van der Waals surface area contributed by atoms with Crippen LogP contribution in [0, 0.1) is 0 Å². The molecule has 1 atom stereocenters. The first-order chi connectivity index (χ1) is 13.1. The van der Waals surface area contributed by atoms with Crippen LogP contribution in [0.1, 0.15) is 17.3 Å². The van der Waals surface area contributed by atoms with E-state index in [0.29, 0.717) is 36.2 Å². The first kappa shape index (κ1) is 20.5. The van der Waals surface area contributed by atoms with E-state index in [1.807, 2.05) is 19.1 Å². The van der Waals surface area contributed by atoms with Crippen molar-refractivity contribution in [3.63, 3.8) is 0 Å². The maximum absolute atomic E-state index is 11.9. The monoisotopic (exact) mass is 389 g/mol. The summed E-state index contributed by atoms with van der Waals surface area (Å²) in [5, 5.41) is 9.82. The molecule has 144 valence electrons. The summed E-state index contributed by atoms with van der Waals surface area (Å²) >= 11 is 5.86. The number of aromatic nitrogens is 1. The number of pyridine rings is 1. The highest BCUT2D eigenvalue weighted by molar-refractivity contribution is 6.30. The van der Waals surface area contributed by atoms with Gasteiger partial charge < -0.3 is 20.7 Å². The van der Waals surface area contributed by atoms with E-state index in [1.54, 1.807) is 37.5 Å². The van der Waals surface area contributed by atoms with E-state index < -0.39 is 0 Å². The molecule has 0 fully saturated rings. The van der Waals surface area contributed by atoms with Crippen molar-refractivity contribution in [2.24, 2.45) is 4.99 Å². The van der Waals surface area contributed by atoms with E-state index in [0.717, 1.165) is 5.75 Å². The summed E-state index contributed by atoms with van der Waals surface area (Å²) < 4.78 is 5.80. The predicted octanol–water partition coefficient (Wildman–Crippen LogP) is 2.10. The number of aliphatic imine (C=N–C) groups is 1. The maximum Gasteiger partial charge on any atom is 0.252 e. The Morgan fingerprint density at radius 1 is 1.19 bits per heavy atom. The highest BCUT2D eigenvalue weighted by Crippen LogP contribution is 2.16. The van der Waals surface area contributed by atoms with Gasteiger partial charge in [-0.25, -0.2) is 0 Å². The number of rotatable bonds is 8. The van der Waals surface area contributed by atoms with Gasteiger partial charge in [0.2, 0.25) is 0 Å². The first-order valence-corrected chi connectivity index (χ1v) is 9.01. The van der Waals surface area contributed by atoms with Crippen molar-refractivity contribution < 1.29 is 9.53 Å². The van der Waals surface area contributed by atoms with Gasteiger partial charge >= 0.3 is 0 Å². The fourth-order valence-electron chi connectivity index (χ4n) is 2.20. The summed E-state index contributed by atoms with van der Waals surface area (Å²) in [7, 11) is 1.69. The fourth-order valence-corrected chi connectivity index (χ4v) is 2.33. The quantitative estimate of drug-likeness (QED) is 0.365. The number of hydrogen-bond donors (Lipinski definition) is 3. The largest absolute Gasteiger partial charge is 0.489 e. The van der Waals surface area contributed by atoms with Crippen LogP contribution in [0.5, 0.6) is 5.75 Å². The highest BCUT2D eigenvalue weighted by Gasteiger charge is 2.07. The van der Waals surface area contributed by atoms with Gasteiger partial charge in [-0.3, -0.25) is 14.8 Å². The van der Waals surface area contributed by atoms with Gasteiger partial charge in [0.1, 0.15) is 11.9 Å². The zero-order valence-corrected chi connectivity index (χ0v) is 16.2. The summed E-state index contributed by atoms with van der Waals surface area (Å²) in [5.41, 5.74) is 0.535. The van der Waals surface area contributed by atoms with Gasteiger partial charge in [-0.15, -0.1) is 0 Å². The van der Waals surface area contributed by atoms with Crippen LogP contribution in [0.3, 0.4) is 0 Å². The lowest BCUT2D eigenvalue weighted by molar-refractivity contribution is 0.0954. The minimum absolute atomic E-state index is 0.0602. The molecule has 1 aromatic carbocycles. The van der Waals surface area contributed by atoms with E-state index in [9.17, 15) is 4.79 Å². The molecule has 0 saturated carbocycles. The Bertz CT molecular complexity index is 738. The van der Waals surface area contributed by atoms with E-state index in [1.165, 1.54) is 6.20 Å². The molecule has 0 bridgehead atoms. The number of hydrogen-bond acceptors (Lipinski definition) is 4. The molecule has 8 heteroatoms. The Morgan fingerprint density at radius 3 is 2.59 bits per heavy atom. The van der Waals surface area contributed by atoms with Crippen molar-refractivity contribution in [3.8, 4) is 5.75 Å². The third-order valence-electron chi connectivity index (χ3n) is 3.56. The summed E-state index contributed by atoms with van der Waals surface area (Å²) in [6.07, 6.45) is 3.10. The SMILES string of the molecule is CN=C(NCCNC(=O)c1cccnc1)NCC(C)Oc1ccc(Cl)cc1. The molecule has 27 heavy (non-hydrogen) atoms. The van der Waals surface area contributed by atoms with Crippen LogP contribution in [-0.2, 0) is 0 Å². The lowest BCUT2D eigenvalue weighted by atomic mass is 10.3. The number of halogens is 1. The normalized spacial score (nSPS) is 12.2. The van der Waals surface area contributed by atoms with Crippen molar-refractivity contribution in [3.05, 3.63) is 59.4 Å². The number of nitrogens with one attached hydrogen (secondary N) is 3. The number of amides is 1. The fraction of sp³-hybridized carbons (Fsp3) is 0.316. The van der Waals surface area contributed by atoms with Crippen LogP contribution in [0.15, 0.2) is 53.8 Å². The van der Waals surface area contributed by atoms with E-state index in [-0.39, 0.29) is 12.0 Å². The first-order valence-electron chi connectivity index (χ1n) is 8.63. The molecule has 0 saturated heterocycles. The van der Waals surface area contributed by atoms with Crippen LogP contribution in [0.25, 0.3) is 0 Å². The molecular formula is C19H24ClN5O2. The number of benzene rings is 1. The van der Waals surface area contributed by atoms with Crippen LogP contribution in [-0.4, -0.2) is 49.6 Å². The van der Waals surface area contributed by atoms with E-state index >= 15 is 0 Å². The van der Waals surface area contributed by atoms with Crippen molar-refractivity contribution in [2.75, 3.05) is 26.7 Å². The number of carbonyl (C=O) groups excluding carboxylic acids is 1. The summed E-state index contributed by atoms with van der Waals surface area (Å²) in [6, 6.07) is 10.7. The molecule has 7 nitrogen and oxygen atoms in total. The van der Waals surface area contributed by atoms with Gasteiger partial charge in [-0.05, 0) is 43.3 Å². The van der Waals surface area contributed by atoms with Crippen LogP contribution < -0.4 is 20.7 Å². The number of ether oxygens (including phenoxy) is 1. The topological polar surface area (TPSA) is 87.6 Å². The van der Waals surface area contributed by atoms with Gasteiger partial charge in [-0.2, -0.15) is 0 Å². The summed E-state index contributed by atoms with van der Waals surface area (Å²) in [5.74, 6) is 1.24. The second-order valence-electron chi connectivity index (χ2n) is 5.76. The number of carbonyl (C=O) groups is 1. The molecular weight excluding hydrogens is 366 g/mol. The second-order valence-corrected chi connectivity index (χ2v) is 6.20. The van der Waals surface area contributed by atoms with Crippen molar-refractivity contribution in [1.82, 2.24) is 20.9 Å². The van der Waals surface area contributed by atoms with Crippen molar-refractivity contribution in [2.45, 2.75) is 13.0 Å². The molecule has 1 aromatic heterocycles. The van der Waals surface area contributed by atoms with Gasteiger partial charge in [0.15, 0.2) is 5.96 Å². The minimum Gasteiger partial charge on any atom is -0.489 e. The van der Waals surface area contributed by atoms with Crippen molar-refractivity contribution >= 4 is 23.5 Å². The Labute approximate surface area is 164 Å². The van der Waals surface area contributed by atoms with Gasteiger partial charge in [0.05, 0.1) is 12.1 Å². The third kappa shape index (κ3) is 7.53. The molecule has 0 aliphatic carbocycles. The van der Waals surface area contributed by atoms with Crippen LogP contribution in [0.2, 0.25) is 5.02 Å². The zero-order chi connectivity index (χ0) is 19.5.